The molecule has 2 rings (SSSR count). The lowest BCUT2D eigenvalue weighted by molar-refractivity contribution is 0.0949. The average molecular weight is 287 g/mol. The Morgan fingerprint density at radius 2 is 2.24 bits per heavy atom. The fourth-order valence-corrected chi connectivity index (χ4v) is 2.49. The Morgan fingerprint density at radius 3 is 3.00 bits per heavy atom. The first-order chi connectivity index (χ1) is 10.3. The molecule has 0 spiro atoms. The van der Waals surface area contributed by atoms with Gasteiger partial charge in [0.05, 0.1) is 0 Å². The molecule has 1 aliphatic carbocycles. The highest BCUT2D eigenvalue weighted by Gasteiger charge is 2.08. The van der Waals surface area contributed by atoms with Crippen molar-refractivity contribution in [3.63, 3.8) is 0 Å². The van der Waals surface area contributed by atoms with Gasteiger partial charge in [-0.25, -0.2) is 0 Å². The van der Waals surface area contributed by atoms with Gasteiger partial charge in [0.1, 0.15) is 5.69 Å². The normalized spacial score (nSPS) is 14.4. The Kier molecular flexibility index (Phi) is 6.25. The average Bonchev–Trinajstić information content (AvgIpc) is 2.54. The van der Waals surface area contributed by atoms with Crippen molar-refractivity contribution in [1.29, 1.82) is 0 Å². The predicted molar refractivity (Wildman–Crippen MR) is 86.5 cm³/mol. The van der Waals surface area contributed by atoms with Gasteiger partial charge in [0.15, 0.2) is 0 Å². The standard InChI is InChI=1S/C17H25N3O/c1-2-10-18-15-9-12-19-16(13-15)17(21)20-11-8-14-6-4-3-5-7-14/h6,9,12-13H,2-5,7-8,10-11H2,1H3,(H,18,19)(H,20,21). The van der Waals surface area contributed by atoms with E-state index in [0.29, 0.717) is 12.2 Å². The summed E-state index contributed by atoms with van der Waals surface area (Å²) in [5.41, 5.74) is 2.91. The highest BCUT2D eigenvalue weighted by Crippen LogP contribution is 2.19. The van der Waals surface area contributed by atoms with E-state index in [2.05, 4.69) is 28.6 Å². The van der Waals surface area contributed by atoms with E-state index in [-0.39, 0.29) is 5.91 Å². The zero-order valence-electron chi connectivity index (χ0n) is 12.8. The van der Waals surface area contributed by atoms with Crippen molar-refractivity contribution in [2.45, 2.75) is 45.4 Å². The van der Waals surface area contributed by atoms with Crippen molar-refractivity contribution in [2.24, 2.45) is 0 Å². The SMILES string of the molecule is CCCNc1ccnc(C(=O)NCCC2=CCCCC2)c1. The Hall–Kier alpha value is -1.84. The molecule has 0 unspecified atom stereocenters. The molecule has 0 atom stereocenters. The van der Waals surface area contributed by atoms with Gasteiger partial charge >= 0.3 is 0 Å². The predicted octanol–water partition coefficient (Wildman–Crippen LogP) is 3.52. The molecule has 1 aromatic rings. The van der Waals surface area contributed by atoms with Crippen molar-refractivity contribution >= 4 is 11.6 Å². The van der Waals surface area contributed by atoms with E-state index in [9.17, 15) is 4.79 Å². The molecule has 2 N–H and O–H groups in total. The molecule has 0 fully saturated rings. The fraction of sp³-hybridized carbons (Fsp3) is 0.529. The number of aromatic nitrogens is 1. The maximum Gasteiger partial charge on any atom is 0.269 e. The molecule has 0 aromatic carbocycles. The number of pyridine rings is 1. The second kappa shape index (κ2) is 8.45. The number of allylic oxidation sites excluding steroid dienone is 1. The maximum atomic E-state index is 12.1. The van der Waals surface area contributed by atoms with Crippen LogP contribution in [0.3, 0.4) is 0 Å². The van der Waals surface area contributed by atoms with Gasteiger partial charge < -0.3 is 10.6 Å². The lowest BCUT2D eigenvalue weighted by Gasteiger charge is -2.13. The number of nitrogens with one attached hydrogen (secondary N) is 2. The minimum absolute atomic E-state index is 0.0912. The Balaban J connectivity index is 1.80. The summed E-state index contributed by atoms with van der Waals surface area (Å²) in [6, 6.07) is 3.70. The Morgan fingerprint density at radius 1 is 1.33 bits per heavy atom. The number of nitrogens with zero attached hydrogens (tertiary/aromatic N) is 1. The lowest BCUT2D eigenvalue weighted by Crippen LogP contribution is -2.25. The van der Waals surface area contributed by atoms with Gasteiger partial charge in [-0.2, -0.15) is 0 Å². The summed E-state index contributed by atoms with van der Waals surface area (Å²) in [7, 11) is 0. The first kappa shape index (κ1) is 15.5. The molecule has 114 valence electrons. The quantitative estimate of drug-likeness (QED) is 0.754. The second-order valence-electron chi connectivity index (χ2n) is 5.47. The Labute approximate surface area is 127 Å². The molecule has 4 heteroatoms. The molecule has 4 nitrogen and oxygen atoms in total. The molecule has 0 bridgehead atoms. The minimum atomic E-state index is -0.0912. The van der Waals surface area contributed by atoms with Gasteiger partial charge in [-0.15, -0.1) is 0 Å². The van der Waals surface area contributed by atoms with Crippen molar-refractivity contribution in [3.05, 3.63) is 35.7 Å². The molecule has 0 aliphatic heterocycles. The summed E-state index contributed by atoms with van der Waals surface area (Å²) in [5, 5.41) is 6.23. The zero-order chi connectivity index (χ0) is 14.9. The third kappa shape index (κ3) is 5.21. The number of rotatable bonds is 7. The summed E-state index contributed by atoms with van der Waals surface area (Å²) >= 11 is 0. The third-order valence-electron chi connectivity index (χ3n) is 3.69. The van der Waals surface area contributed by atoms with Crippen molar-refractivity contribution in [1.82, 2.24) is 10.3 Å². The highest BCUT2D eigenvalue weighted by atomic mass is 16.1. The van der Waals surface area contributed by atoms with Crippen molar-refractivity contribution in [3.8, 4) is 0 Å². The van der Waals surface area contributed by atoms with Gasteiger partial charge in [-0.3, -0.25) is 9.78 Å². The highest BCUT2D eigenvalue weighted by molar-refractivity contribution is 5.93. The smallest absolute Gasteiger partial charge is 0.269 e. The van der Waals surface area contributed by atoms with Crippen LogP contribution in [-0.4, -0.2) is 24.0 Å². The topological polar surface area (TPSA) is 54.0 Å². The second-order valence-corrected chi connectivity index (χ2v) is 5.47. The summed E-state index contributed by atoms with van der Waals surface area (Å²) in [6.07, 6.45) is 11.0. The van der Waals surface area contributed by atoms with E-state index in [1.54, 1.807) is 6.20 Å². The number of anilines is 1. The van der Waals surface area contributed by atoms with Gasteiger partial charge in [0.2, 0.25) is 0 Å². The van der Waals surface area contributed by atoms with Crippen LogP contribution in [-0.2, 0) is 0 Å². The van der Waals surface area contributed by atoms with Gasteiger partial charge in [0, 0.05) is 25.0 Å². The number of carbonyl (C=O) groups excluding carboxylic acids is 1. The van der Waals surface area contributed by atoms with Crippen LogP contribution < -0.4 is 10.6 Å². The first-order valence-corrected chi connectivity index (χ1v) is 7.95. The van der Waals surface area contributed by atoms with Crippen molar-refractivity contribution < 1.29 is 4.79 Å². The zero-order valence-corrected chi connectivity index (χ0v) is 12.8. The molecule has 1 aromatic heterocycles. The van der Waals surface area contributed by atoms with E-state index < -0.39 is 0 Å². The van der Waals surface area contributed by atoms with Crippen LogP contribution in [0.1, 0.15) is 55.9 Å². The third-order valence-corrected chi connectivity index (χ3v) is 3.69. The first-order valence-electron chi connectivity index (χ1n) is 7.95. The molecular weight excluding hydrogens is 262 g/mol. The van der Waals surface area contributed by atoms with Crippen molar-refractivity contribution in [2.75, 3.05) is 18.4 Å². The van der Waals surface area contributed by atoms with Crippen LogP contribution in [0, 0.1) is 0 Å². The van der Waals surface area contributed by atoms with Gasteiger partial charge in [-0.05, 0) is 50.7 Å². The van der Waals surface area contributed by atoms with Crippen LogP contribution in [0.15, 0.2) is 30.0 Å². The lowest BCUT2D eigenvalue weighted by atomic mass is 9.97. The summed E-state index contributed by atoms with van der Waals surface area (Å²) in [6.45, 7) is 3.71. The number of amides is 1. The van der Waals surface area contributed by atoms with E-state index in [1.165, 1.54) is 31.3 Å². The Bertz CT molecular complexity index is 497. The molecule has 1 aliphatic rings. The van der Waals surface area contributed by atoms with Crippen LogP contribution in [0.4, 0.5) is 5.69 Å². The number of carbonyl (C=O) groups is 1. The molecule has 0 saturated heterocycles. The number of hydrogen-bond donors (Lipinski definition) is 2. The van der Waals surface area contributed by atoms with E-state index in [4.69, 9.17) is 0 Å². The molecule has 0 saturated carbocycles. The fourth-order valence-electron chi connectivity index (χ4n) is 2.49. The van der Waals surface area contributed by atoms with Gasteiger partial charge in [-0.1, -0.05) is 18.6 Å². The van der Waals surface area contributed by atoms with Crippen LogP contribution in [0.2, 0.25) is 0 Å². The van der Waals surface area contributed by atoms with Crippen LogP contribution in [0.5, 0.6) is 0 Å². The van der Waals surface area contributed by atoms with E-state index in [1.807, 2.05) is 12.1 Å². The number of hydrogen-bond acceptors (Lipinski definition) is 3. The van der Waals surface area contributed by atoms with E-state index in [0.717, 1.165) is 25.1 Å². The monoisotopic (exact) mass is 287 g/mol. The largest absolute Gasteiger partial charge is 0.385 e. The molecule has 21 heavy (non-hydrogen) atoms. The maximum absolute atomic E-state index is 12.1. The summed E-state index contributed by atoms with van der Waals surface area (Å²) in [5.74, 6) is -0.0912. The minimum Gasteiger partial charge on any atom is -0.385 e. The van der Waals surface area contributed by atoms with Crippen LogP contribution in [0.25, 0.3) is 0 Å². The molecule has 1 amide bonds. The molecule has 1 heterocycles. The van der Waals surface area contributed by atoms with Gasteiger partial charge in [0.25, 0.3) is 5.91 Å². The van der Waals surface area contributed by atoms with E-state index >= 15 is 0 Å². The summed E-state index contributed by atoms with van der Waals surface area (Å²) < 4.78 is 0. The van der Waals surface area contributed by atoms with Crippen LogP contribution >= 0.6 is 0 Å². The molecule has 0 radical (unpaired) electrons. The molecular formula is C17H25N3O. The summed E-state index contributed by atoms with van der Waals surface area (Å²) in [4.78, 5) is 16.2.